The van der Waals surface area contributed by atoms with E-state index in [9.17, 15) is 29.8 Å². The van der Waals surface area contributed by atoms with E-state index in [1.54, 1.807) is 4.90 Å². The van der Waals surface area contributed by atoms with E-state index >= 15 is 0 Å². The molecule has 34 heavy (non-hydrogen) atoms. The predicted molar refractivity (Wildman–Crippen MR) is 123 cm³/mol. The third kappa shape index (κ3) is 4.59. The largest absolute Gasteiger partial charge is 0.312 e. The molecule has 0 spiro atoms. The molecule has 0 saturated carbocycles. The Morgan fingerprint density at radius 3 is 2.35 bits per heavy atom. The molecule has 1 aliphatic rings. The topological polar surface area (TPSA) is 161 Å². The van der Waals surface area contributed by atoms with Crippen LogP contribution in [0, 0.1) is 34.1 Å². The zero-order valence-corrected chi connectivity index (χ0v) is 18.9. The van der Waals surface area contributed by atoms with Crippen LogP contribution in [0.2, 0.25) is 0 Å². The fourth-order valence-electron chi connectivity index (χ4n) is 3.57. The van der Waals surface area contributed by atoms with Crippen LogP contribution in [-0.2, 0) is 4.79 Å². The molecule has 1 saturated heterocycles. The number of aryl methyl sites for hydroxylation is 2. The molecule has 2 amide bonds. The van der Waals surface area contributed by atoms with E-state index in [0.29, 0.717) is 11.6 Å². The Labute approximate surface area is 196 Å². The van der Waals surface area contributed by atoms with Crippen molar-refractivity contribution in [3.8, 4) is 0 Å². The normalized spacial score (nSPS) is 15.4. The number of anilines is 2. The molecule has 174 valence electrons. The second kappa shape index (κ2) is 8.94. The van der Waals surface area contributed by atoms with Crippen LogP contribution in [0.4, 0.5) is 22.2 Å². The monoisotopic (exact) mass is 482 g/mol. The SMILES string of the molecule is Cc1ccc(N2CC(c3nnc(NC(=O)c4cc([N+](=O)[O-])cc([N+](=O)[O-])c4)s3)CC2=O)cc1C. The minimum Gasteiger partial charge on any atom is -0.312 e. The van der Waals surface area contributed by atoms with E-state index < -0.39 is 27.1 Å². The lowest BCUT2D eigenvalue weighted by molar-refractivity contribution is -0.394. The molecule has 1 aliphatic heterocycles. The number of carbonyl (C=O) groups excluding carboxylic acids is 2. The highest BCUT2D eigenvalue weighted by molar-refractivity contribution is 7.15. The van der Waals surface area contributed by atoms with Gasteiger partial charge in [0.15, 0.2) is 0 Å². The van der Waals surface area contributed by atoms with Crippen LogP contribution < -0.4 is 10.2 Å². The van der Waals surface area contributed by atoms with E-state index in [-0.39, 0.29) is 28.9 Å². The van der Waals surface area contributed by atoms with Gasteiger partial charge in [0.25, 0.3) is 17.3 Å². The summed E-state index contributed by atoms with van der Waals surface area (Å²) in [5.41, 5.74) is 1.61. The second-order valence-corrected chi connectivity index (χ2v) is 8.83. The number of hydrogen-bond donors (Lipinski definition) is 1. The molecule has 0 bridgehead atoms. The molecule has 1 N–H and O–H groups in total. The maximum absolute atomic E-state index is 12.6. The summed E-state index contributed by atoms with van der Waals surface area (Å²) in [7, 11) is 0. The number of nitrogens with zero attached hydrogens (tertiary/aromatic N) is 5. The molecule has 2 aromatic carbocycles. The number of nitrogens with one attached hydrogen (secondary N) is 1. The quantitative estimate of drug-likeness (QED) is 0.410. The van der Waals surface area contributed by atoms with Gasteiger partial charge in [-0.2, -0.15) is 0 Å². The van der Waals surface area contributed by atoms with Crippen LogP contribution in [0.1, 0.15) is 38.8 Å². The zero-order chi connectivity index (χ0) is 24.6. The van der Waals surface area contributed by atoms with Gasteiger partial charge in [-0.3, -0.25) is 35.1 Å². The number of amides is 2. The zero-order valence-electron chi connectivity index (χ0n) is 18.0. The summed E-state index contributed by atoms with van der Waals surface area (Å²) in [6.07, 6.45) is 0.243. The lowest BCUT2D eigenvalue weighted by Crippen LogP contribution is -2.24. The van der Waals surface area contributed by atoms with Crippen molar-refractivity contribution in [3.05, 3.63) is 78.3 Å². The lowest BCUT2D eigenvalue weighted by atomic mass is 10.1. The summed E-state index contributed by atoms with van der Waals surface area (Å²) >= 11 is 1.08. The second-order valence-electron chi connectivity index (χ2n) is 7.83. The maximum Gasteiger partial charge on any atom is 0.277 e. The van der Waals surface area contributed by atoms with Gasteiger partial charge < -0.3 is 4.90 Å². The fourth-order valence-corrected chi connectivity index (χ4v) is 4.40. The number of benzene rings is 2. The number of non-ortho nitro benzene ring substituents is 2. The van der Waals surface area contributed by atoms with Gasteiger partial charge in [-0.05, 0) is 37.1 Å². The molecule has 13 heteroatoms. The highest BCUT2D eigenvalue weighted by Crippen LogP contribution is 2.35. The Hall–Kier alpha value is -4.26. The first-order valence-corrected chi connectivity index (χ1v) is 10.9. The third-order valence-corrected chi connectivity index (χ3v) is 6.53. The molecular weight excluding hydrogens is 464 g/mol. The Kier molecular flexibility index (Phi) is 6.03. The Morgan fingerprint density at radius 1 is 1.06 bits per heavy atom. The number of carbonyl (C=O) groups is 2. The Morgan fingerprint density at radius 2 is 1.74 bits per heavy atom. The van der Waals surface area contributed by atoms with Crippen LogP contribution in [0.15, 0.2) is 36.4 Å². The first-order chi connectivity index (χ1) is 16.1. The third-order valence-electron chi connectivity index (χ3n) is 5.52. The van der Waals surface area contributed by atoms with Gasteiger partial charge in [-0.1, -0.05) is 17.4 Å². The van der Waals surface area contributed by atoms with Gasteiger partial charge in [0.2, 0.25) is 11.0 Å². The Balaban J connectivity index is 1.49. The van der Waals surface area contributed by atoms with Gasteiger partial charge in [-0.25, -0.2) is 0 Å². The summed E-state index contributed by atoms with van der Waals surface area (Å²) in [6, 6.07) is 8.48. The van der Waals surface area contributed by atoms with Gasteiger partial charge in [-0.15, -0.1) is 10.2 Å². The molecule has 1 aromatic heterocycles. The van der Waals surface area contributed by atoms with Crippen LogP contribution >= 0.6 is 11.3 Å². The Bertz CT molecular complexity index is 1310. The summed E-state index contributed by atoms with van der Waals surface area (Å²) < 4.78 is 0. The van der Waals surface area contributed by atoms with Crippen LogP contribution in [0.5, 0.6) is 0 Å². The fraction of sp³-hybridized carbons (Fsp3) is 0.238. The van der Waals surface area contributed by atoms with Crippen LogP contribution in [-0.4, -0.2) is 38.4 Å². The minimum atomic E-state index is -0.814. The highest BCUT2D eigenvalue weighted by atomic mass is 32.1. The number of rotatable bonds is 6. The van der Waals surface area contributed by atoms with E-state index in [4.69, 9.17) is 0 Å². The van der Waals surface area contributed by atoms with E-state index in [0.717, 1.165) is 46.4 Å². The standard InChI is InChI=1S/C21H18N6O6S/c1-11-3-4-15(5-12(11)2)25-10-14(8-18(25)28)20-23-24-21(34-20)22-19(29)13-6-16(26(30)31)9-17(7-13)27(32)33/h3-7,9,14H,8,10H2,1-2H3,(H,22,24,29). The van der Waals surface area contributed by atoms with Crippen molar-refractivity contribution in [2.45, 2.75) is 26.2 Å². The number of hydrogen-bond acceptors (Lipinski definition) is 9. The van der Waals surface area contributed by atoms with Crippen molar-refractivity contribution < 1.29 is 19.4 Å². The molecule has 0 aliphatic carbocycles. The van der Waals surface area contributed by atoms with Gasteiger partial charge in [0.1, 0.15) is 5.01 Å². The number of nitro groups is 2. The first-order valence-electron chi connectivity index (χ1n) is 10.1. The summed E-state index contributed by atoms with van der Waals surface area (Å²) in [6.45, 7) is 4.39. The molecule has 1 fully saturated rings. The van der Waals surface area contributed by atoms with Gasteiger partial charge in [0.05, 0.1) is 21.5 Å². The maximum atomic E-state index is 12.6. The molecule has 3 aromatic rings. The predicted octanol–water partition coefficient (Wildman–Crippen LogP) is 3.74. The molecule has 2 heterocycles. The van der Waals surface area contributed by atoms with E-state index in [1.165, 1.54) is 0 Å². The van der Waals surface area contributed by atoms with Gasteiger partial charge in [0, 0.05) is 36.7 Å². The highest BCUT2D eigenvalue weighted by Gasteiger charge is 2.34. The smallest absolute Gasteiger partial charge is 0.277 e. The number of nitro benzene ring substituents is 2. The summed E-state index contributed by atoms with van der Waals surface area (Å²) in [5.74, 6) is -1.05. The average molecular weight is 482 g/mol. The molecule has 1 unspecified atom stereocenters. The summed E-state index contributed by atoms with van der Waals surface area (Å²) in [5, 5.41) is 33.3. The van der Waals surface area contributed by atoms with Crippen molar-refractivity contribution in [1.29, 1.82) is 0 Å². The molecule has 4 rings (SSSR count). The van der Waals surface area contributed by atoms with E-state index in [1.807, 2.05) is 32.0 Å². The van der Waals surface area contributed by atoms with Crippen LogP contribution in [0.3, 0.4) is 0 Å². The van der Waals surface area contributed by atoms with Crippen molar-refractivity contribution in [2.75, 3.05) is 16.8 Å². The summed E-state index contributed by atoms with van der Waals surface area (Å²) in [4.78, 5) is 47.3. The molecule has 0 radical (unpaired) electrons. The van der Waals surface area contributed by atoms with Crippen molar-refractivity contribution in [2.24, 2.45) is 0 Å². The lowest BCUT2D eigenvalue weighted by Gasteiger charge is -2.17. The van der Waals surface area contributed by atoms with Crippen molar-refractivity contribution >= 4 is 45.3 Å². The van der Waals surface area contributed by atoms with Gasteiger partial charge >= 0.3 is 0 Å². The number of aromatic nitrogens is 2. The average Bonchev–Trinajstić information content (AvgIpc) is 3.41. The van der Waals surface area contributed by atoms with Crippen molar-refractivity contribution in [1.82, 2.24) is 10.2 Å². The molecule has 1 atom stereocenters. The minimum absolute atomic E-state index is 0.0436. The van der Waals surface area contributed by atoms with Crippen LogP contribution in [0.25, 0.3) is 0 Å². The molecular formula is C21H18N6O6S. The van der Waals surface area contributed by atoms with Crippen molar-refractivity contribution in [3.63, 3.8) is 0 Å². The first kappa shape index (κ1) is 22.9. The molecule has 12 nitrogen and oxygen atoms in total. The van der Waals surface area contributed by atoms with E-state index in [2.05, 4.69) is 15.5 Å².